The molecule has 1 heterocycles. The second kappa shape index (κ2) is 6.12. The molecule has 0 saturated carbocycles. The van der Waals surface area contributed by atoms with Crippen molar-refractivity contribution in [3.05, 3.63) is 69.9 Å². The van der Waals surface area contributed by atoms with E-state index in [1.807, 2.05) is 18.2 Å². The zero-order valence-corrected chi connectivity index (χ0v) is 13.7. The van der Waals surface area contributed by atoms with Crippen molar-refractivity contribution in [3.63, 3.8) is 0 Å². The van der Waals surface area contributed by atoms with E-state index in [9.17, 15) is 13.6 Å². The molecule has 0 spiro atoms. The van der Waals surface area contributed by atoms with E-state index in [1.165, 1.54) is 6.07 Å². The zero-order valence-electron chi connectivity index (χ0n) is 12.1. The van der Waals surface area contributed by atoms with Gasteiger partial charge in [0.25, 0.3) is 5.91 Å². The predicted molar refractivity (Wildman–Crippen MR) is 86.2 cm³/mol. The minimum atomic E-state index is -0.704. The molecule has 0 fully saturated rings. The monoisotopic (exact) mass is 379 g/mol. The lowest BCUT2D eigenvalue weighted by Crippen LogP contribution is -2.26. The average molecular weight is 380 g/mol. The number of benzene rings is 2. The highest BCUT2D eigenvalue weighted by atomic mass is 79.9. The SMILES string of the molecule is CC(NC(=O)c1cc2cccc(Br)c2o1)c1ccc(F)cc1F. The van der Waals surface area contributed by atoms with Gasteiger partial charge in [-0.2, -0.15) is 0 Å². The lowest BCUT2D eigenvalue weighted by Gasteiger charge is -2.14. The van der Waals surface area contributed by atoms with Gasteiger partial charge in [0.05, 0.1) is 10.5 Å². The van der Waals surface area contributed by atoms with Crippen LogP contribution >= 0.6 is 15.9 Å². The molecule has 23 heavy (non-hydrogen) atoms. The summed E-state index contributed by atoms with van der Waals surface area (Å²) in [5.41, 5.74) is 0.773. The number of para-hydroxylation sites is 1. The fourth-order valence-electron chi connectivity index (χ4n) is 2.34. The van der Waals surface area contributed by atoms with Crippen molar-refractivity contribution in [2.24, 2.45) is 0 Å². The minimum Gasteiger partial charge on any atom is -0.450 e. The number of hydrogen-bond donors (Lipinski definition) is 1. The van der Waals surface area contributed by atoms with Gasteiger partial charge in [0.2, 0.25) is 0 Å². The zero-order chi connectivity index (χ0) is 16.6. The van der Waals surface area contributed by atoms with Gasteiger partial charge in [-0.3, -0.25) is 4.79 Å². The summed E-state index contributed by atoms with van der Waals surface area (Å²) in [6.45, 7) is 1.62. The summed E-state index contributed by atoms with van der Waals surface area (Å²) in [6, 6.07) is 9.71. The van der Waals surface area contributed by atoms with Gasteiger partial charge in [-0.05, 0) is 41.1 Å². The maximum atomic E-state index is 13.8. The molecule has 0 aliphatic carbocycles. The minimum absolute atomic E-state index is 0.126. The van der Waals surface area contributed by atoms with Crippen molar-refractivity contribution < 1.29 is 18.0 Å². The van der Waals surface area contributed by atoms with E-state index >= 15 is 0 Å². The molecule has 0 aliphatic rings. The van der Waals surface area contributed by atoms with E-state index in [1.54, 1.807) is 13.0 Å². The molecular weight excluding hydrogens is 368 g/mol. The maximum absolute atomic E-state index is 13.8. The molecule has 1 aromatic heterocycles. The second-order valence-corrected chi connectivity index (χ2v) is 5.98. The Morgan fingerprint density at radius 3 is 2.70 bits per heavy atom. The van der Waals surface area contributed by atoms with Crippen molar-refractivity contribution in [3.8, 4) is 0 Å². The van der Waals surface area contributed by atoms with Crippen LogP contribution in [0.25, 0.3) is 11.0 Å². The number of carbonyl (C=O) groups is 1. The third-order valence-corrected chi connectivity index (χ3v) is 4.12. The Labute approximate surface area is 139 Å². The average Bonchev–Trinajstić information content (AvgIpc) is 2.92. The third-order valence-electron chi connectivity index (χ3n) is 3.50. The first-order chi connectivity index (χ1) is 11.0. The Morgan fingerprint density at radius 2 is 2.00 bits per heavy atom. The molecule has 2 aromatic carbocycles. The fourth-order valence-corrected chi connectivity index (χ4v) is 2.80. The highest BCUT2D eigenvalue weighted by Gasteiger charge is 2.18. The summed E-state index contributed by atoms with van der Waals surface area (Å²) in [6.07, 6.45) is 0. The number of fused-ring (bicyclic) bond motifs is 1. The highest BCUT2D eigenvalue weighted by Crippen LogP contribution is 2.27. The van der Waals surface area contributed by atoms with Crippen molar-refractivity contribution in [2.75, 3.05) is 0 Å². The van der Waals surface area contributed by atoms with Gasteiger partial charge >= 0.3 is 0 Å². The van der Waals surface area contributed by atoms with E-state index in [2.05, 4.69) is 21.2 Å². The van der Waals surface area contributed by atoms with E-state index in [0.717, 1.165) is 22.0 Å². The lowest BCUT2D eigenvalue weighted by molar-refractivity contribution is 0.0913. The molecule has 118 valence electrons. The molecule has 1 atom stereocenters. The van der Waals surface area contributed by atoms with Crippen LogP contribution in [0.15, 0.2) is 51.4 Å². The van der Waals surface area contributed by atoms with Crippen LogP contribution in [0.2, 0.25) is 0 Å². The fraction of sp³-hybridized carbons (Fsp3) is 0.118. The van der Waals surface area contributed by atoms with E-state index in [0.29, 0.717) is 5.58 Å². The Kier molecular flexibility index (Phi) is 4.17. The van der Waals surface area contributed by atoms with Crippen LogP contribution in [0.5, 0.6) is 0 Å². The highest BCUT2D eigenvalue weighted by molar-refractivity contribution is 9.10. The van der Waals surface area contributed by atoms with E-state index in [-0.39, 0.29) is 11.3 Å². The quantitative estimate of drug-likeness (QED) is 0.698. The van der Waals surface area contributed by atoms with Crippen molar-refractivity contribution in [1.82, 2.24) is 5.32 Å². The summed E-state index contributed by atoms with van der Waals surface area (Å²) in [4.78, 5) is 12.3. The maximum Gasteiger partial charge on any atom is 0.287 e. The Balaban J connectivity index is 1.83. The third kappa shape index (κ3) is 3.12. The summed E-state index contributed by atoms with van der Waals surface area (Å²) < 4.78 is 33.0. The lowest BCUT2D eigenvalue weighted by atomic mass is 10.1. The first-order valence-corrected chi connectivity index (χ1v) is 7.69. The van der Waals surface area contributed by atoms with Gasteiger partial charge < -0.3 is 9.73 Å². The topological polar surface area (TPSA) is 42.2 Å². The van der Waals surface area contributed by atoms with Crippen LogP contribution in [0, 0.1) is 11.6 Å². The van der Waals surface area contributed by atoms with Gasteiger partial charge in [-0.25, -0.2) is 8.78 Å². The number of halogens is 3. The van der Waals surface area contributed by atoms with Gasteiger partial charge in [-0.15, -0.1) is 0 Å². The molecule has 1 amide bonds. The Morgan fingerprint density at radius 1 is 1.22 bits per heavy atom. The van der Waals surface area contributed by atoms with Crippen LogP contribution in [-0.2, 0) is 0 Å². The standard InChI is InChI=1S/C17H12BrF2NO2/c1-9(12-6-5-11(19)8-14(12)20)21-17(22)15-7-10-3-2-4-13(18)16(10)23-15/h2-9H,1H3,(H,21,22). The number of rotatable bonds is 3. The summed E-state index contributed by atoms with van der Waals surface area (Å²) in [7, 11) is 0. The largest absolute Gasteiger partial charge is 0.450 e. The first kappa shape index (κ1) is 15.7. The molecule has 1 N–H and O–H groups in total. The second-order valence-electron chi connectivity index (χ2n) is 5.13. The van der Waals surface area contributed by atoms with Crippen molar-refractivity contribution in [2.45, 2.75) is 13.0 Å². The molecule has 3 rings (SSSR count). The summed E-state index contributed by atoms with van der Waals surface area (Å²) >= 11 is 3.35. The predicted octanol–water partition coefficient (Wildman–Crippen LogP) is 4.96. The number of amides is 1. The van der Waals surface area contributed by atoms with Crippen LogP contribution in [0.4, 0.5) is 8.78 Å². The molecule has 0 saturated heterocycles. The molecule has 1 unspecified atom stereocenters. The van der Waals surface area contributed by atoms with Crippen LogP contribution < -0.4 is 5.32 Å². The van der Waals surface area contributed by atoms with Gasteiger partial charge in [-0.1, -0.05) is 18.2 Å². The number of furan rings is 1. The van der Waals surface area contributed by atoms with E-state index < -0.39 is 23.6 Å². The summed E-state index contributed by atoms with van der Waals surface area (Å²) in [5, 5.41) is 3.43. The molecule has 6 heteroatoms. The molecular formula is C17H12BrF2NO2. The van der Waals surface area contributed by atoms with Gasteiger partial charge in [0.1, 0.15) is 17.2 Å². The Hall–Kier alpha value is -2.21. The smallest absolute Gasteiger partial charge is 0.287 e. The van der Waals surface area contributed by atoms with Gasteiger partial charge in [0.15, 0.2) is 5.76 Å². The number of nitrogens with one attached hydrogen (secondary N) is 1. The first-order valence-electron chi connectivity index (χ1n) is 6.89. The Bertz CT molecular complexity index is 891. The normalized spacial score (nSPS) is 12.3. The molecule has 0 aliphatic heterocycles. The number of hydrogen-bond acceptors (Lipinski definition) is 2. The molecule has 0 radical (unpaired) electrons. The molecule has 3 nitrogen and oxygen atoms in total. The molecule has 0 bridgehead atoms. The number of carbonyl (C=O) groups excluding carboxylic acids is 1. The van der Waals surface area contributed by atoms with Crippen molar-refractivity contribution in [1.29, 1.82) is 0 Å². The molecule has 3 aromatic rings. The summed E-state index contributed by atoms with van der Waals surface area (Å²) in [5.74, 6) is -1.71. The van der Waals surface area contributed by atoms with Crippen LogP contribution in [0.1, 0.15) is 29.1 Å². The van der Waals surface area contributed by atoms with Crippen LogP contribution in [0.3, 0.4) is 0 Å². The van der Waals surface area contributed by atoms with E-state index in [4.69, 9.17) is 4.42 Å². The van der Waals surface area contributed by atoms with Crippen LogP contribution in [-0.4, -0.2) is 5.91 Å². The van der Waals surface area contributed by atoms with Crippen molar-refractivity contribution >= 4 is 32.8 Å². The van der Waals surface area contributed by atoms with Gasteiger partial charge in [0, 0.05) is 17.0 Å².